The molecule has 0 unspecified atom stereocenters. The molecule has 1 saturated heterocycles. The molecule has 3 heterocycles. The molecule has 0 aliphatic carbocycles. The normalized spacial score (nSPS) is 17.5. The number of hydrogen-bond donors (Lipinski definition) is 1. The van der Waals surface area contributed by atoms with Crippen molar-refractivity contribution in [3.05, 3.63) is 35.4 Å². The van der Waals surface area contributed by atoms with Crippen LogP contribution in [-0.4, -0.2) is 47.3 Å². The number of amides is 1. The summed E-state index contributed by atoms with van der Waals surface area (Å²) in [5, 5.41) is 2.92. The van der Waals surface area contributed by atoms with E-state index in [4.69, 9.17) is 9.47 Å². The van der Waals surface area contributed by atoms with Crippen LogP contribution in [0.25, 0.3) is 0 Å². The quantitative estimate of drug-likeness (QED) is 0.916. The largest absolute Gasteiger partial charge is 0.454 e. The molecule has 1 aromatic carbocycles. The fraction of sp³-hybridized carbons (Fsp3) is 0.474. The maximum atomic E-state index is 12.8. The van der Waals surface area contributed by atoms with Crippen LogP contribution in [-0.2, 0) is 0 Å². The fourth-order valence-corrected chi connectivity index (χ4v) is 3.82. The Morgan fingerprint density at radius 3 is 2.69 bits per heavy atom. The number of rotatable bonds is 3. The molecule has 0 atom stereocenters. The van der Waals surface area contributed by atoms with Crippen LogP contribution in [0.1, 0.15) is 40.9 Å². The number of aromatic nitrogens is 2. The lowest BCUT2D eigenvalue weighted by Gasteiger charge is -2.31. The number of hydrogen-bond acceptors (Lipinski definition) is 5. The molecule has 26 heavy (non-hydrogen) atoms. The van der Waals surface area contributed by atoms with Crippen molar-refractivity contribution in [2.45, 2.75) is 32.7 Å². The van der Waals surface area contributed by atoms with Gasteiger partial charge < -0.3 is 24.3 Å². The van der Waals surface area contributed by atoms with Crippen LogP contribution in [0.4, 0.5) is 5.69 Å². The number of imidazole rings is 1. The molecule has 0 radical (unpaired) electrons. The first-order chi connectivity index (χ1) is 12.5. The summed E-state index contributed by atoms with van der Waals surface area (Å²) in [7, 11) is 2.15. The van der Waals surface area contributed by atoms with Gasteiger partial charge in [-0.15, -0.1) is 0 Å². The van der Waals surface area contributed by atoms with Crippen LogP contribution in [0.3, 0.4) is 0 Å². The first kappa shape index (κ1) is 16.9. The monoisotopic (exact) mass is 356 g/mol. The van der Waals surface area contributed by atoms with Crippen molar-refractivity contribution in [3.63, 3.8) is 0 Å². The lowest BCUT2D eigenvalue weighted by Crippen LogP contribution is -2.32. The predicted molar refractivity (Wildman–Crippen MR) is 98.0 cm³/mol. The van der Waals surface area contributed by atoms with Gasteiger partial charge in [-0.05, 0) is 59.0 Å². The van der Waals surface area contributed by atoms with Crippen LogP contribution in [0, 0.1) is 13.8 Å². The minimum Gasteiger partial charge on any atom is -0.454 e. The molecule has 0 saturated carbocycles. The Kier molecular flexibility index (Phi) is 4.32. The third-order valence-electron chi connectivity index (χ3n) is 5.23. The Labute approximate surface area is 152 Å². The SMILES string of the molecule is Cc1nc(C(=O)Nc2ccc3c(c2)OCO3)c(C)n1C1CCN(C)CC1. The number of fused-ring (bicyclic) bond motifs is 1. The molecule has 4 rings (SSSR count). The summed E-state index contributed by atoms with van der Waals surface area (Å²) in [6.07, 6.45) is 2.16. The Balaban J connectivity index is 1.54. The lowest BCUT2D eigenvalue weighted by molar-refractivity contribution is 0.102. The number of likely N-dealkylation sites (tertiary alicyclic amines) is 1. The van der Waals surface area contributed by atoms with Crippen LogP contribution in [0.5, 0.6) is 11.5 Å². The Hall–Kier alpha value is -2.54. The first-order valence-corrected chi connectivity index (χ1v) is 8.98. The second-order valence-electron chi connectivity index (χ2n) is 7.02. The first-order valence-electron chi connectivity index (χ1n) is 8.98. The van der Waals surface area contributed by atoms with E-state index >= 15 is 0 Å². The fourth-order valence-electron chi connectivity index (χ4n) is 3.82. The summed E-state index contributed by atoms with van der Waals surface area (Å²) in [6.45, 7) is 6.31. The summed E-state index contributed by atoms with van der Waals surface area (Å²) < 4.78 is 12.9. The molecule has 0 bridgehead atoms. The lowest BCUT2D eigenvalue weighted by atomic mass is 10.0. The van der Waals surface area contributed by atoms with Crippen LogP contribution in [0.2, 0.25) is 0 Å². The van der Waals surface area contributed by atoms with Gasteiger partial charge in [0.1, 0.15) is 11.5 Å². The molecule has 1 aromatic heterocycles. The third kappa shape index (κ3) is 3.03. The van der Waals surface area contributed by atoms with E-state index in [9.17, 15) is 4.79 Å². The molecule has 1 N–H and O–H groups in total. The van der Waals surface area contributed by atoms with E-state index in [1.807, 2.05) is 19.9 Å². The molecule has 2 aliphatic heterocycles. The number of carbonyl (C=O) groups excluding carboxylic acids is 1. The average molecular weight is 356 g/mol. The van der Waals surface area contributed by atoms with Gasteiger partial charge in [0.05, 0.1) is 0 Å². The molecular formula is C19H24N4O3. The van der Waals surface area contributed by atoms with Crippen LogP contribution < -0.4 is 14.8 Å². The summed E-state index contributed by atoms with van der Waals surface area (Å²) >= 11 is 0. The highest BCUT2D eigenvalue weighted by Crippen LogP contribution is 2.34. The van der Waals surface area contributed by atoms with Gasteiger partial charge in [0.15, 0.2) is 11.5 Å². The van der Waals surface area contributed by atoms with E-state index in [0.29, 0.717) is 28.9 Å². The Bertz CT molecular complexity index is 838. The highest BCUT2D eigenvalue weighted by Gasteiger charge is 2.25. The number of carbonyl (C=O) groups is 1. The van der Waals surface area contributed by atoms with Crippen molar-refractivity contribution in [3.8, 4) is 11.5 Å². The van der Waals surface area contributed by atoms with Gasteiger partial charge in [0, 0.05) is 23.5 Å². The van der Waals surface area contributed by atoms with Gasteiger partial charge in [0.25, 0.3) is 5.91 Å². The van der Waals surface area contributed by atoms with Gasteiger partial charge in [-0.1, -0.05) is 0 Å². The summed E-state index contributed by atoms with van der Waals surface area (Å²) in [6, 6.07) is 5.79. The van der Waals surface area contributed by atoms with Crippen molar-refractivity contribution in [1.82, 2.24) is 14.5 Å². The van der Waals surface area contributed by atoms with Gasteiger partial charge >= 0.3 is 0 Å². The Morgan fingerprint density at radius 2 is 1.92 bits per heavy atom. The van der Waals surface area contributed by atoms with E-state index in [1.54, 1.807) is 12.1 Å². The summed E-state index contributed by atoms with van der Waals surface area (Å²) in [4.78, 5) is 19.7. The molecule has 138 valence electrons. The predicted octanol–water partition coefficient (Wildman–Crippen LogP) is 2.75. The molecule has 0 spiro atoms. The summed E-state index contributed by atoms with van der Waals surface area (Å²) in [5.41, 5.74) is 2.08. The number of nitrogens with zero attached hydrogens (tertiary/aromatic N) is 3. The van der Waals surface area contributed by atoms with Gasteiger partial charge in [0.2, 0.25) is 6.79 Å². The maximum Gasteiger partial charge on any atom is 0.276 e. The number of aryl methyl sites for hydroxylation is 1. The number of nitrogens with one attached hydrogen (secondary N) is 1. The number of anilines is 1. The molecule has 7 nitrogen and oxygen atoms in total. The zero-order valence-electron chi connectivity index (χ0n) is 15.4. The highest BCUT2D eigenvalue weighted by molar-refractivity contribution is 6.03. The van der Waals surface area contributed by atoms with Crippen molar-refractivity contribution in [1.29, 1.82) is 0 Å². The molecule has 2 aromatic rings. The zero-order chi connectivity index (χ0) is 18.3. The zero-order valence-corrected chi connectivity index (χ0v) is 15.4. The van der Waals surface area contributed by atoms with Crippen molar-refractivity contribution >= 4 is 11.6 Å². The second kappa shape index (κ2) is 6.64. The number of piperidine rings is 1. The third-order valence-corrected chi connectivity index (χ3v) is 5.23. The minimum absolute atomic E-state index is 0.198. The van der Waals surface area contributed by atoms with E-state index in [0.717, 1.165) is 37.4 Å². The molecule has 7 heteroatoms. The van der Waals surface area contributed by atoms with E-state index < -0.39 is 0 Å². The average Bonchev–Trinajstić information content (AvgIpc) is 3.20. The standard InChI is InChI=1S/C19H24N4O3/c1-12-18(20-13(2)23(12)15-6-8-22(3)9-7-15)19(24)21-14-4-5-16-17(10-14)26-11-25-16/h4-5,10,15H,6-9,11H2,1-3H3,(H,21,24). The van der Waals surface area contributed by atoms with E-state index in [1.165, 1.54) is 0 Å². The molecule has 1 fully saturated rings. The van der Waals surface area contributed by atoms with Gasteiger partial charge in [-0.3, -0.25) is 4.79 Å². The minimum atomic E-state index is -0.198. The van der Waals surface area contributed by atoms with Crippen LogP contribution in [0.15, 0.2) is 18.2 Å². The van der Waals surface area contributed by atoms with E-state index in [2.05, 4.69) is 26.8 Å². The molecule has 1 amide bonds. The topological polar surface area (TPSA) is 68.6 Å². The van der Waals surface area contributed by atoms with Gasteiger partial charge in [-0.2, -0.15) is 0 Å². The van der Waals surface area contributed by atoms with E-state index in [-0.39, 0.29) is 12.7 Å². The Morgan fingerprint density at radius 1 is 1.19 bits per heavy atom. The van der Waals surface area contributed by atoms with Crippen molar-refractivity contribution in [2.75, 3.05) is 32.2 Å². The van der Waals surface area contributed by atoms with Crippen molar-refractivity contribution in [2.24, 2.45) is 0 Å². The summed E-state index contributed by atoms with van der Waals surface area (Å²) in [5.74, 6) is 2.04. The highest BCUT2D eigenvalue weighted by atomic mass is 16.7. The maximum absolute atomic E-state index is 12.8. The smallest absolute Gasteiger partial charge is 0.276 e. The number of ether oxygens (including phenoxy) is 2. The number of benzene rings is 1. The second-order valence-corrected chi connectivity index (χ2v) is 7.02. The van der Waals surface area contributed by atoms with Gasteiger partial charge in [-0.25, -0.2) is 4.98 Å². The molecule has 2 aliphatic rings. The molecular weight excluding hydrogens is 332 g/mol. The van der Waals surface area contributed by atoms with Crippen molar-refractivity contribution < 1.29 is 14.3 Å². The van der Waals surface area contributed by atoms with Crippen LogP contribution >= 0.6 is 0 Å².